The van der Waals surface area contributed by atoms with Gasteiger partial charge in [-0.1, -0.05) is 35.1 Å². The molecule has 1 N–H and O–H groups in total. The molecule has 2 heterocycles. The first-order valence-corrected chi connectivity index (χ1v) is 10.6. The van der Waals surface area contributed by atoms with E-state index in [1.54, 1.807) is 35.6 Å². The molecule has 0 saturated carbocycles. The quantitative estimate of drug-likeness (QED) is 0.588. The number of benzene rings is 2. The molecule has 5 nitrogen and oxygen atoms in total. The van der Waals surface area contributed by atoms with E-state index in [0.717, 1.165) is 52.7 Å². The summed E-state index contributed by atoms with van der Waals surface area (Å²) in [6.07, 6.45) is 3.10. The van der Waals surface area contributed by atoms with Gasteiger partial charge in [0.25, 0.3) is 0 Å². The van der Waals surface area contributed by atoms with Crippen LogP contribution in [0.4, 0.5) is 5.13 Å². The van der Waals surface area contributed by atoms with Crippen molar-refractivity contribution < 1.29 is 14.6 Å². The lowest BCUT2D eigenvalue weighted by Crippen LogP contribution is -2.34. The molecule has 0 aliphatic carbocycles. The lowest BCUT2D eigenvalue weighted by molar-refractivity contribution is 0.0692. The molecule has 2 aromatic carbocycles. The molecule has 0 spiro atoms. The van der Waals surface area contributed by atoms with E-state index in [1.807, 2.05) is 18.2 Å². The summed E-state index contributed by atoms with van der Waals surface area (Å²) in [7, 11) is 0. The number of ether oxygens (including phenoxy) is 1. The smallest absolute Gasteiger partial charge is 0.339 e. The van der Waals surface area contributed by atoms with E-state index in [9.17, 15) is 9.90 Å². The van der Waals surface area contributed by atoms with Crippen LogP contribution in [0.25, 0.3) is 10.2 Å². The van der Waals surface area contributed by atoms with Crippen molar-refractivity contribution in [2.24, 2.45) is 5.92 Å². The van der Waals surface area contributed by atoms with Gasteiger partial charge in [-0.3, -0.25) is 0 Å². The number of para-hydroxylation sites is 1. The molecular formula is C21H21ClN2O3S. The Morgan fingerprint density at radius 2 is 2.04 bits per heavy atom. The van der Waals surface area contributed by atoms with Gasteiger partial charge >= 0.3 is 5.97 Å². The van der Waals surface area contributed by atoms with Gasteiger partial charge in [-0.25, -0.2) is 9.78 Å². The number of piperidine rings is 1. The Morgan fingerprint density at radius 1 is 1.25 bits per heavy atom. The number of carboxylic acids is 1. The number of anilines is 1. The SMILES string of the molecule is O=C(O)c1ccccc1OCCC1CCN(c2nc3ccc(Cl)cc3s2)CC1. The highest BCUT2D eigenvalue weighted by Crippen LogP contribution is 2.33. The zero-order chi connectivity index (χ0) is 19.5. The number of hydrogen-bond donors (Lipinski definition) is 1. The molecule has 0 atom stereocenters. The molecular weight excluding hydrogens is 396 g/mol. The Morgan fingerprint density at radius 3 is 2.82 bits per heavy atom. The van der Waals surface area contributed by atoms with Gasteiger partial charge < -0.3 is 14.7 Å². The first kappa shape index (κ1) is 19.0. The van der Waals surface area contributed by atoms with Crippen LogP contribution in [0.5, 0.6) is 5.75 Å². The van der Waals surface area contributed by atoms with Gasteiger partial charge in [0.15, 0.2) is 5.13 Å². The largest absolute Gasteiger partial charge is 0.493 e. The van der Waals surface area contributed by atoms with E-state index in [2.05, 4.69) is 4.90 Å². The Hall–Kier alpha value is -2.31. The number of fused-ring (bicyclic) bond motifs is 1. The number of carboxylic acid groups (broad SMARTS) is 1. The molecule has 1 aliphatic rings. The maximum atomic E-state index is 11.2. The van der Waals surface area contributed by atoms with Crippen LogP contribution in [0.1, 0.15) is 29.6 Å². The summed E-state index contributed by atoms with van der Waals surface area (Å²) in [6.45, 7) is 2.49. The van der Waals surface area contributed by atoms with Crippen molar-refractivity contribution in [3.63, 3.8) is 0 Å². The summed E-state index contributed by atoms with van der Waals surface area (Å²) >= 11 is 7.76. The number of rotatable bonds is 6. The minimum absolute atomic E-state index is 0.216. The summed E-state index contributed by atoms with van der Waals surface area (Å²) in [5.74, 6) is 0.0682. The fourth-order valence-corrected chi connectivity index (χ4v) is 4.83. The summed E-state index contributed by atoms with van der Waals surface area (Å²) in [5.41, 5.74) is 1.21. The first-order valence-electron chi connectivity index (χ1n) is 9.36. The predicted molar refractivity (Wildman–Crippen MR) is 113 cm³/mol. The molecule has 1 fully saturated rings. The van der Waals surface area contributed by atoms with E-state index >= 15 is 0 Å². The van der Waals surface area contributed by atoms with E-state index < -0.39 is 5.97 Å². The fraction of sp³-hybridized carbons (Fsp3) is 0.333. The monoisotopic (exact) mass is 416 g/mol. The number of thiazole rings is 1. The average Bonchev–Trinajstić information content (AvgIpc) is 3.12. The second-order valence-electron chi connectivity index (χ2n) is 6.98. The van der Waals surface area contributed by atoms with Gasteiger partial charge in [-0.15, -0.1) is 0 Å². The van der Waals surface area contributed by atoms with Crippen molar-refractivity contribution in [3.05, 3.63) is 53.1 Å². The van der Waals surface area contributed by atoms with Crippen LogP contribution in [-0.4, -0.2) is 35.8 Å². The third kappa shape index (κ3) is 4.23. The summed E-state index contributed by atoms with van der Waals surface area (Å²) < 4.78 is 6.87. The molecule has 0 radical (unpaired) electrons. The lowest BCUT2D eigenvalue weighted by Gasteiger charge is -2.31. The third-order valence-corrected chi connectivity index (χ3v) is 6.44. The normalized spacial score (nSPS) is 15.1. The van der Waals surface area contributed by atoms with Crippen LogP contribution in [-0.2, 0) is 0 Å². The molecule has 3 aromatic rings. The van der Waals surface area contributed by atoms with E-state index in [4.69, 9.17) is 21.3 Å². The van der Waals surface area contributed by atoms with Crippen molar-refractivity contribution in [1.82, 2.24) is 4.98 Å². The molecule has 1 aromatic heterocycles. The average molecular weight is 417 g/mol. The highest BCUT2D eigenvalue weighted by molar-refractivity contribution is 7.22. The second kappa shape index (κ2) is 8.37. The predicted octanol–water partition coefficient (Wildman–Crippen LogP) is 5.33. The summed E-state index contributed by atoms with van der Waals surface area (Å²) in [6, 6.07) is 12.6. The van der Waals surface area contributed by atoms with E-state index in [0.29, 0.717) is 18.3 Å². The molecule has 28 heavy (non-hydrogen) atoms. The maximum absolute atomic E-state index is 11.2. The van der Waals surface area contributed by atoms with Crippen LogP contribution in [0.15, 0.2) is 42.5 Å². The van der Waals surface area contributed by atoms with Crippen molar-refractivity contribution in [1.29, 1.82) is 0 Å². The molecule has 0 bridgehead atoms. The van der Waals surface area contributed by atoms with Gasteiger partial charge in [0.2, 0.25) is 0 Å². The summed E-state index contributed by atoms with van der Waals surface area (Å²) in [5, 5.41) is 11.0. The van der Waals surface area contributed by atoms with Gasteiger partial charge in [0, 0.05) is 18.1 Å². The first-order chi connectivity index (χ1) is 13.6. The Kier molecular flexibility index (Phi) is 5.69. The Labute approximate surface area is 172 Å². The highest BCUT2D eigenvalue weighted by atomic mass is 35.5. The lowest BCUT2D eigenvalue weighted by atomic mass is 9.94. The number of aromatic carboxylic acids is 1. The standard InChI is InChI=1S/C21H21ClN2O3S/c22-15-5-6-17-19(13-15)28-21(23-17)24-10-7-14(8-11-24)9-12-27-18-4-2-1-3-16(18)20(25)26/h1-6,13-14H,7-12H2,(H,25,26). The summed E-state index contributed by atoms with van der Waals surface area (Å²) in [4.78, 5) is 18.3. The van der Waals surface area contributed by atoms with E-state index in [-0.39, 0.29) is 5.56 Å². The van der Waals surface area contributed by atoms with Gasteiger partial charge in [0.1, 0.15) is 11.3 Å². The Balaban J connectivity index is 1.29. The number of hydrogen-bond acceptors (Lipinski definition) is 5. The van der Waals surface area contributed by atoms with E-state index in [1.165, 1.54) is 0 Å². The minimum atomic E-state index is -0.957. The highest BCUT2D eigenvalue weighted by Gasteiger charge is 2.22. The molecule has 1 saturated heterocycles. The van der Waals surface area contributed by atoms with Crippen molar-refractivity contribution in [2.75, 3.05) is 24.6 Å². The van der Waals surface area contributed by atoms with Gasteiger partial charge in [0.05, 0.1) is 16.8 Å². The van der Waals surface area contributed by atoms with Crippen molar-refractivity contribution in [2.45, 2.75) is 19.3 Å². The zero-order valence-corrected chi connectivity index (χ0v) is 16.9. The molecule has 0 unspecified atom stereocenters. The molecule has 4 rings (SSSR count). The Bertz CT molecular complexity index is 983. The number of nitrogens with zero attached hydrogens (tertiary/aromatic N) is 2. The third-order valence-electron chi connectivity index (χ3n) is 5.13. The number of aromatic nitrogens is 1. The fourth-order valence-electron chi connectivity index (χ4n) is 3.54. The van der Waals surface area contributed by atoms with Gasteiger partial charge in [-0.05, 0) is 55.5 Å². The maximum Gasteiger partial charge on any atom is 0.339 e. The zero-order valence-electron chi connectivity index (χ0n) is 15.3. The molecule has 1 aliphatic heterocycles. The van der Waals surface area contributed by atoms with Crippen molar-refractivity contribution in [3.8, 4) is 5.75 Å². The van der Waals surface area contributed by atoms with Crippen molar-refractivity contribution >= 4 is 44.3 Å². The van der Waals surface area contributed by atoms with Gasteiger partial charge in [-0.2, -0.15) is 0 Å². The second-order valence-corrected chi connectivity index (χ2v) is 8.42. The molecule has 146 valence electrons. The molecule has 0 amide bonds. The minimum Gasteiger partial charge on any atom is -0.493 e. The van der Waals surface area contributed by atoms with Crippen LogP contribution in [0.2, 0.25) is 5.02 Å². The topological polar surface area (TPSA) is 62.7 Å². The number of halogens is 1. The molecule has 7 heteroatoms. The van der Waals surface area contributed by atoms with Crippen LogP contribution in [0.3, 0.4) is 0 Å². The van der Waals surface area contributed by atoms with Crippen LogP contribution in [0, 0.1) is 5.92 Å². The van der Waals surface area contributed by atoms with Crippen LogP contribution >= 0.6 is 22.9 Å². The number of carbonyl (C=O) groups is 1. The van der Waals surface area contributed by atoms with Crippen LogP contribution < -0.4 is 9.64 Å².